The van der Waals surface area contributed by atoms with Crippen molar-refractivity contribution in [3.8, 4) is 6.07 Å². The molecule has 4 aliphatic carbocycles. The van der Waals surface area contributed by atoms with E-state index in [0.717, 1.165) is 12.3 Å². The molecule has 92 valence electrons. The third-order valence-corrected chi connectivity index (χ3v) is 6.73. The van der Waals surface area contributed by atoms with Gasteiger partial charge >= 0.3 is 0 Å². The van der Waals surface area contributed by atoms with E-state index in [0.29, 0.717) is 16.2 Å². The van der Waals surface area contributed by atoms with E-state index in [2.05, 4.69) is 22.0 Å². The number of hydrogen-bond donors (Lipinski definition) is 0. The van der Waals surface area contributed by atoms with Crippen LogP contribution in [0.25, 0.3) is 0 Å². The molecule has 5 rings (SSSR count). The minimum absolute atomic E-state index is 0.0820. The van der Waals surface area contributed by atoms with Gasteiger partial charge in [-0.2, -0.15) is 5.26 Å². The molecule has 0 radical (unpaired) electrons. The lowest BCUT2D eigenvalue weighted by Crippen LogP contribution is -2.72. The third-order valence-electron chi connectivity index (χ3n) is 5.76. The molecule has 0 aromatic heterocycles. The number of nitrogens with zero attached hydrogens (tertiary/aromatic N) is 1. The Balaban J connectivity index is 1.67. The van der Waals surface area contributed by atoms with Gasteiger partial charge in [0.25, 0.3) is 0 Å². The number of alkyl halides is 1. The van der Waals surface area contributed by atoms with Crippen LogP contribution in [0.1, 0.15) is 45.4 Å². The number of halogens is 1. The molecule has 3 unspecified atom stereocenters. The summed E-state index contributed by atoms with van der Waals surface area (Å²) < 4.78 is 6.62. The molecule has 4 saturated carbocycles. The summed E-state index contributed by atoms with van der Waals surface area (Å²) in [5.41, 5.74) is -0.409. The molecule has 1 spiro atoms. The number of rotatable bonds is 0. The molecule has 0 aromatic rings. The van der Waals surface area contributed by atoms with Crippen LogP contribution < -0.4 is 0 Å². The van der Waals surface area contributed by atoms with Crippen molar-refractivity contribution in [3.63, 3.8) is 0 Å². The summed E-state index contributed by atoms with van der Waals surface area (Å²) in [5, 5.41) is 9.15. The Hall–Kier alpha value is -0.0700. The molecule has 17 heavy (non-hydrogen) atoms. The summed E-state index contributed by atoms with van der Waals surface area (Å²) >= 11 is 3.99. The van der Waals surface area contributed by atoms with Crippen molar-refractivity contribution in [1.29, 1.82) is 5.26 Å². The van der Waals surface area contributed by atoms with E-state index in [4.69, 9.17) is 10.00 Å². The van der Waals surface area contributed by atoms with Crippen LogP contribution in [0.2, 0.25) is 0 Å². The first-order chi connectivity index (χ1) is 7.97. The fraction of sp³-hybridized carbons (Fsp3) is 0.929. The van der Waals surface area contributed by atoms with Crippen molar-refractivity contribution in [1.82, 2.24) is 0 Å². The van der Waals surface area contributed by atoms with Crippen LogP contribution in [-0.2, 0) is 4.74 Å². The molecule has 1 saturated heterocycles. The monoisotopic (exact) mass is 295 g/mol. The van der Waals surface area contributed by atoms with Crippen LogP contribution in [0.3, 0.4) is 0 Å². The van der Waals surface area contributed by atoms with Crippen LogP contribution in [0.5, 0.6) is 0 Å². The van der Waals surface area contributed by atoms with E-state index >= 15 is 0 Å². The normalized spacial score (nSPS) is 63.5. The molecular weight excluding hydrogens is 278 g/mol. The quantitative estimate of drug-likeness (QED) is 0.642. The first kappa shape index (κ1) is 10.8. The zero-order valence-corrected chi connectivity index (χ0v) is 11.8. The predicted molar refractivity (Wildman–Crippen MR) is 67.7 cm³/mol. The summed E-state index contributed by atoms with van der Waals surface area (Å²) in [6.45, 7) is 1.95. The van der Waals surface area contributed by atoms with Crippen molar-refractivity contribution in [2.24, 2.45) is 17.8 Å². The average Bonchev–Trinajstić information content (AvgIpc) is 2.20. The van der Waals surface area contributed by atoms with E-state index < -0.39 is 5.60 Å². The zero-order valence-electron chi connectivity index (χ0n) is 10.2. The van der Waals surface area contributed by atoms with Crippen molar-refractivity contribution in [2.75, 3.05) is 0 Å². The highest BCUT2D eigenvalue weighted by Gasteiger charge is 2.69. The number of ether oxygens (including phenoxy) is 1. The van der Waals surface area contributed by atoms with E-state index in [1.807, 2.05) is 6.92 Å². The molecular formula is C14H18BrNO. The smallest absolute Gasteiger partial charge is 0.155 e. The standard InChI is InChI=1S/C14H18BrNO/c1-12(8-16)7-14(17-12)10-2-9-3-11(14)6-13(15,4-9)5-10/h9-11H,2-7H2,1H3/t9?,10-,11+,12-,13?,14?/m0/s1. The fourth-order valence-electron chi connectivity index (χ4n) is 5.42. The summed E-state index contributed by atoms with van der Waals surface area (Å²) in [7, 11) is 0. The maximum absolute atomic E-state index is 9.15. The van der Waals surface area contributed by atoms with E-state index in [1.54, 1.807) is 0 Å². The molecule has 0 N–H and O–H groups in total. The molecule has 5 aliphatic rings. The van der Waals surface area contributed by atoms with E-state index in [1.165, 1.54) is 32.1 Å². The highest BCUT2D eigenvalue weighted by molar-refractivity contribution is 9.10. The van der Waals surface area contributed by atoms with Gasteiger partial charge in [0.15, 0.2) is 5.60 Å². The third kappa shape index (κ3) is 1.24. The Kier molecular flexibility index (Phi) is 1.85. The summed E-state index contributed by atoms with van der Waals surface area (Å²) in [5.74, 6) is 2.32. The Morgan fingerprint density at radius 2 is 1.82 bits per heavy atom. The highest BCUT2D eigenvalue weighted by Crippen LogP contribution is 2.68. The molecule has 2 nitrogen and oxygen atoms in total. The second-order valence-electron chi connectivity index (χ2n) is 7.07. The maximum Gasteiger partial charge on any atom is 0.155 e. The van der Waals surface area contributed by atoms with Gasteiger partial charge in [-0.3, -0.25) is 0 Å². The van der Waals surface area contributed by atoms with Gasteiger partial charge in [0.1, 0.15) is 0 Å². The molecule has 1 aliphatic heterocycles. The topological polar surface area (TPSA) is 33.0 Å². The molecule has 3 heteroatoms. The van der Waals surface area contributed by atoms with Crippen molar-refractivity contribution in [2.45, 2.75) is 61.0 Å². The van der Waals surface area contributed by atoms with Crippen LogP contribution in [0.4, 0.5) is 0 Å². The lowest BCUT2D eigenvalue weighted by Gasteiger charge is -2.69. The Morgan fingerprint density at radius 1 is 1.24 bits per heavy atom. The fourth-order valence-corrected chi connectivity index (χ4v) is 6.66. The Morgan fingerprint density at radius 3 is 2.29 bits per heavy atom. The van der Waals surface area contributed by atoms with Crippen LogP contribution in [0.15, 0.2) is 0 Å². The zero-order chi connectivity index (χ0) is 11.9. The van der Waals surface area contributed by atoms with Gasteiger partial charge in [-0.05, 0) is 56.8 Å². The predicted octanol–water partition coefficient (Wildman–Crippen LogP) is 3.40. The van der Waals surface area contributed by atoms with Gasteiger partial charge in [0, 0.05) is 10.7 Å². The molecule has 1 heterocycles. The lowest BCUT2D eigenvalue weighted by molar-refractivity contribution is -0.322. The molecule has 4 bridgehead atoms. The molecule has 5 fully saturated rings. The van der Waals surface area contributed by atoms with Crippen molar-refractivity contribution >= 4 is 15.9 Å². The first-order valence-electron chi connectivity index (χ1n) is 6.77. The number of hydrogen-bond acceptors (Lipinski definition) is 2. The largest absolute Gasteiger partial charge is 0.353 e. The Bertz CT molecular complexity index is 402. The van der Waals surface area contributed by atoms with Gasteiger partial charge in [-0.15, -0.1) is 0 Å². The summed E-state index contributed by atoms with van der Waals surface area (Å²) in [4.78, 5) is 0. The second-order valence-corrected chi connectivity index (χ2v) is 8.75. The van der Waals surface area contributed by atoms with Crippen LogP contribution in [0, 0.1) is 29.1 Å². The van der Waals surface area contributed by atoms with E-state index in [-0.39, 0.29) is 5.60 Å². The van der Waals surface area contributed by atoms with Gasteiger partial charge < -0.3 is 4.74 Å². The lowest BCUT2D eigenvalue weighted by atomic mass is 9.46. The van der Waals surface area contributed by atoms with Gasteiger partial charge in [0.05, 0.1) is 11.7 Å². The first-order valence-corrected chi connectivity index (χ1v) is 7.57. The Labute approximate surface area is 111 Å². The van der Waals surface area contributed by atoms with Crippen molar-refractivity contribution < 1.29 is 4.74 Å². The van der Waals surface area contributed by atoms with Crippen LogP contribution in [-0.4, -0.2) is 15.5 Å². The SMILES string of the molecule is C[C@@]1(C#N)CC2(O1)[C@@H]1CC3C[C@H]2CC(Br)(C3)C1. The minimum atomic E-state index is -0.491. The number of nitriles is 1. The molecule has 0 aromatic carbocycles. The van der Waals surface area contributed by atoms with Gasteiger partial charge in [0.2, 0.25) is 0 Å². The highest BCUT2D eigenvalue weighted by atomic mass is 79.9. The summed E-state index contributed by atoms with van der Waals surface area (Å²) in [6, 6.07) is 2.34. The van der Waals surface area contributed by atoms with Gasteiger partial charge in [-0.1, -0.05) is 15.9 Å². The second kappa shape index (κ2) is 2.91. The summed E-state index contributed by atoms with van der Waals surface area (Å²) in [6.07, 6.45) is 7.55. The molecule has 6 atom stereocenters. The average molecular weight is 296 g/mol. The van der Waals surface area contributed by atoms with Gasteiger partial charge in [-0.25, -0.2) is 0 Å². The molecule has 0 amide bonds. The minimum Gasteiger partial charge on any atom is -0.353 e. The van der Waals surface area contributed by atoms with Crippen molar-refractivity contribution in [3.05, 3.63) is 0 Å². The van der Waals surface area contributed by atoms with E-state index in [9.17, 15) is 0 Å². The maximum atomic E-state index is 9.15. The van der Waals surface area contributed by atoms with Crippen LogP contribution >= 0.6 is 15.9 Å².